The predicted octanol–water partition coefficient (Wildman–Crippen LogP) is 1.42. The normalized spacial score (nSPS) is 25.0. The molecule has 1 aromatic heterocycles. The van der Waals surface area contributed by atoms with Crippen molar-refractivity contribution in [2.45, 2.75) is 24.5 Å². The van der Waals surface area contributed by atoms with E-state index in [1.54, 1.807) is 6.20 Å². The molecule has 1 saturated heterocycles. The summed E-state index contributed by atoms with van der Waals surface area (Å²) >= 11 is 0. The van der Waals surface area contributed by atoms with Crippen molar-refractivity contribution in [2.75, 3.05) is 11.4 Å². The number of rotatable bonds is 3. The standard InChI is InChI=1S/C17H19N3O2/c18-16(21)14-12-17(22,13-6-2-1-3-7-13)9-11-20(14)15-8-4-5-10-19-15/h1-8,10,14,22H,9,11-12H2,(H2,18,21). The summed E-state index contributed by atoms with van der Waals surface area (Å²) in [5, 5.41) is 11.0. The molecular weight excluding hydrogens is 278 g/mol. The van der Waals surface area contributed by atoms with E-state index < -0.39 is 17.6 Å². The first-order valence-electron chi connectivity index (χ1n) is 7.35. The number of aliphatic hydroxyl groups is 1. The maximum Gasteiger partial charge on any atom is 0.240 e. The molecule has 1 aromatic carbocycles. The van der Waals surface area contributed by atoms with Gasteiger partial charge in [0, 0.05) is 19.2 Å². The van der Waals surface area contributed by atoms with E-state index >= 15 is 0 Å². The lowest BCUT2D eigenvalue weighted by molar-refractivity contribution is -0.122. The predicted molar refractivity (Wildman–Crippen MR) is 84.1 cm³/mol. The molecule has 0 aliphatic carbocycles. The van der Waals surface area contributed by atoms with Crippen molar-refractivity contribution < 1.29 is 9.90 Å². The Morgan fingerprint density at radius 1 is 1.23 bits per heavy atom. The molecule has 1 aliphatic rings. The average molecular weight is 297 g/mol. The summed E-state index contributed by atoms with van der Waals surface area (Å²) in [4.78, 5) is 18.1. The second-order valence-corrected chi connectivity index (χ2v) is 5.65. The SMILES string of the molecule is NC(=O)C1CC(O)(c2ccccc2)CCN1c1ccccn1. The summed E-state index contributed by atoms with van der Waals surface area (Å²) in [6.45, 7) is 0.524. The van der Waals surface area contributed by atoms with E-state index in [2.05, 4.69) is 4.98 Å². The molecule has 0 saturated carbocycles. The third kappa shape index (κ3) is 2.67. The molecule has 3 rings (SSSR count). The van der Waals surface area contributed by atoms with Gasteiger partial charge in [-0.25, -0.2) is 4.98 Å². The Kier molecular flexibility index (Phi) is 3.81. The summed E-state index contributed by atoms with van der Waals surface area (Å²) in [5.41, 5.74) is 5.36. The minimum absolute atomic E-state index is 0.267. The van der Waals surface area contributed by atoms with E-state index in [9.17, 15) is 9.90 Å². The molecular formula is C17H19N3O2. The van der Waals surface area contributed by atoms with Crippen LogP contribution in [-0.4, -0.2) is 28.6 Å². The van der Waals surface area contributed by atoms with Gasteiger partial charge in [0.25, 0.3) is 0 Å². The second kappa shape index (κ2) is 5.77. The van der Waals surface area contributed by atoms with Crippen molar-refractivity contribution >= 4 is 11.7 Å². The van der Waals surface area contributed by atoms with Crippen LogP contribution in [0.3, 0.4) is 0 Å². The summed E-state index contributed by atoms with van der Waals surface area (Å²) < 4.78 is 0. The summed E-state index contributed by atoms with van der Waals surface area (Å²) in [6, 6.07) is 14.4. The molecule has 0 spiro atoms. The molecule has 2 heterocycles. The van der Waals surface area contributed by atoms with Crippen molar-refractivity contribution in [2.24, 2.45) is 5.73 Å². The fourth-order valence-electron chi connectivity index (χ4n) is 3.06. The van der Waals surface area contributed by atoms with Crippen LogP contribution in [0.1, 0.15) is 18.4 Å². The number of pyridine rings is 1. The van der Waals surface area contributed by atoms with Crippen molar-refractivity contribution in [1.29, 1.82) is 0 Å². The Balaban J connectivity index is 1.90. The molecule has 1 aliphatic heterocycles. The van der Waals surface area contributed by atoms with E-state index in [4.69, 9.17) is 5.73 Å². The molecule has 1 amide bonds. The number of nitrogens with two attached hydrogens (primary N) is 1. The smallest absolute Gasteiger partial charge is 0.240 e. The number of benzene rings is 1. The van der Waals surface area contributed by atoms with Crippen molar-refractivity contribution in [3.8, 4) is 0 Å². The minimum Gasteiger partial charge on any atom is -0.385 e. The van der Waals surface area contributed by atoms with Gasteiger partial charge in [0.05, 0.1) is 5.60 Å². The van der Waals surface area contributed by atoms with Crippen LogP contribution in [0, 0.1) is 0 Å². The molecule has 1 fully saturated rings. The number of amides is 1. The zero-order chi connectivity index (χ0) is 15.6. The monoisotopic (exact) mass is 297 g/mol. The Morgan fingerprint density at radius 3 is 2.59 bits per heavy atom. The van der Waals surface area contributed by atoms with E-state index in [1.165, 1.54) is 0 Å². The molecule has 22 heavy (non-hydrogen) atoms. The van der Waals surface area contributed by atoms with Gasteiger partial charge in [0.2, 0.25) is 5.91 Å². The minimum atomic E-state index is -1.04. The van der Waals surface area contributed by atoms with E-state index in [1.807, 2.05) is 53.4 Å². The van der Waals surface area contributed by atoms with Crippen LogP contribution < -0.4 is 10.6 Å². The molecule has 2 unspecified atom stereocenters. The van der Waals surface area contributed by atoms with Crippen LogP contribution in [0.15, 0.2) is 54.7 Å². The van der Waals surface area contributed by atoms with Gasteiger partial charge in [-0.15, -0.1) is 0 Å². The van der Waals surface area contributed by atoms with Gasteiger partial charge in [-0.2, -0.15) is 0 Å². The Hall–Kier alpha value is -2.40. The third-order valence-corrected chi connectivity index (χ3v) is 4.26. The van der Waals surface area contributed by atoms with Crippen LogP contribution in [0.5, 0.6) is 0 Å². The molecule has 2 atom stereocenters. The fourth-order valence-corrected chi connectivity index (χ4v) is 3.06. The third-order valence-electron chi connectivity index (χ3n) is 4.26. The quantitative estimate of drug-likeness (QED) is 0.898. The lowest BCUT2D eigenvalue weighted by atomic mass is 9.80. The van der Waals surface area contributed by atoms with E-state index in [0.29, 0.717) is 18.8 Å². The Morgan fingerprint density at radius 2 is 1.95 bits per heavy atom. The first-order chi connectivity index (χ1) is 10.6. The van der Waals surface area contributed by atoms with Gasteiger partial charge in [-0.3, -0.25) is 4.79 Å². The summed E-state index contributed by atoms with van der Waals surface area (Å²) in [6.07, 6.45) is 2.48. The first-order valence-corrected chi connectivity index (χ1v) is 7.35. The summed E-state index contributed by atoms with van der Waals surface area (Å²) in [7, 11) is 0. The van der Waals surface area contributed by atoms with E-state index in [0.717, 1.165) is 5.56 Å². The average Bonchev–Trinajstić information content (AvgIpc) is 2.56. The number of primary amides is 1. The number of hydrogen-bond acceptors (Lipinski definition) is 4. The van der Waals surface area contributed by atoms with E-state index in [-0.39, 0.29) is 6.42 Å². The highest BCUT2D eigenvalue weighted by molar-refractivity contribution is 5.83. The lowest BCUT2D eigenvalue weighted by Crippen LogP contribution is -2.55. The molecule has 0 bridgehead atoms. The van der Waals surface area contributed by atoms with Crippen LogP contribution in [0.25, 0.3) is 0 Å². The second-order valence-electron chi connectivity index (χ2n) is 5.65. The number of nitrogens with zero attached hydrogens (tertiary/aromatic N) is 2. The molecule has 114 valence electrons. The Bertz CT molecular complexity index is 647. The lowest BCUT2D eigenvalue weighted by Gasteiger charge is -2.43. The van der Waals surface area contributed by atoms with Crippen LogP contribution in [-0.2, 0) is 10.4 Å². The number of aromatic nitrogens is 1. The van der Waals surface area contributed by atoms with Gasteiger partial charge in [-0.1, -0.05) is 36.4 Å². The maximum absolute atomic E-state index is 11.9. The Labute approximate surface area is 129 Å². The highest BCUT2D eigenvalue weighted by Gasteiger charge is 2.42. The number of anilines is 1. The summed E-state index contributed by atoms with van der Waals surface area (Å²) in [5.74, 6) is 0.265. The van der Waals surface area contributed by atoms with Crippen LogP contribution in [0.4, 0.5) is 5.82 Å². The van der Waals surface area contributed by atoms with Gasteiger partial charge < -0.3 is 15.7 Å². The van der Waals surface area contributed by atoms with Gasteiger partial charge in [-0.05, 0) is 24.1 Å². The largest absolute Gasteiger partial charge is 0.385 e. The zero-order valence-electron chi connectivity index (χ0n) is 12.2. The van der Waals surface area contributed by atoms with Gasteiger partial charge >= 0.3 is 0 Å². The molecule has 3 N–H and O–H groups in total. The maximum atomic E-state index is 11.9. The number of carbonyl (C=O) groups is 1. The molecule has 2 aromatic rings. The highest BCUT2D eigenvalue weighted by Crippen LogP contribution is 2.37. The fraction of sp³-hybridized carbons (Fsp3) is 0.294. The molecule has 0 radical (unpaired) electrons. The number of carbonyl (C=O) groups excluding carboxylic acids is 1. The molecule has 5 nitrogen and oxygen atoms in total. The van der Waals surface area contributed by atoms with Gasteiger partial charge in [0.1, 0.15) is 11.9 Å². The topological polar surface area (TPSA) is 79.5 Å². The number of hydrogen-bond donors (Lipinski definition) is 2. The first kappa shape index (κ1) is 14.5. The zero-order valence-corrected chi connectivity index (χ0v) is 12.2. The van der Waals surface area contributed by atoms with Crippen LogP contribution >= 0.6 is 0 Å². The van der Waals surface area contributed by atoms with Gasteiger partial charge in [0.15, 0.2) is 0 Å². The van der Waals surface area contributed by atoms with Crippen LogP contribution in [0.2, 0.25) is 0 Å². The number of piperidine rings is 1. The van der Waals surface area contributed by atoms with Crippen molar-refractivity contribution in [3.05, 3.63) is 60.3 Å². The van der Waals surface area contributed by atoms with Crippen molar-refractivity contribution in [3.63, 3.8) is 0 Å². The molecule has 5 heteroatoms. The van der Waals surface area contributed by atoms with Crippen molar-refractivity contribution in [1.82, 2.24) is 4.98 Å². The highest BCUT2D eigenvalue weighted by atomic mass is 16.3.